The van der Waals surface area contributed by atoms with Crippen molar-refractivity contribution in [2.75, 3.05) is 51.3 Å². The van der Waals surface area contributed by atoms with Crippen molar-refractivity contribution in [1.29, 1.82) is 0 Å². The molecule has 0 spiro atoms. The number of halogens is 1. The maximum absolute atomic E-state index is 11.9. The van der Waals surface area contributed by atoms with Crippen LogP contribution in [-0.4, -0.2) is 57.2 Å². The molecule has 1 aliphatic heterocycles. The molecule has 1 aromatic heterocycles. The van der Waals surface area contributed by atoms with Gasteiger partial charge < -0.3 is 19.4 Å². The Balaban J connectivity index is 1.37. The third-order valence-corrected chi connectivity index (χ3v) is 4.96. The van der Waals surface area contributed by atoms with Crippen LogP contribution in [-0.2, 0) is 0 Å². The number of anilines is 1. The van der Waals surface area contributed by atoms with E-state index in [0.717, 1.165) is 50.6 Å². The Morgan fingerprint density at radius 3 is 2.65 bits per heavy atom. The Hall–Kier alpha value is -1.99. The number of rotatable bonds is 7. The fourth-order valence-corrected chi connectivity index (χ4v) is 3.44. The predicted molar refractivity (Wildman–Crippen MR) is 105 cm³/mol. The molecule has 0 bridgehead atoms. The van der Waals surface area contributed by atoms with E-state index in [1.807, 2.05) is 18.2 Å². The molecule has 0 radical (unpaired) electrons. The highest BCUT2D eigenvalue weighted by atomic mass is 79.9. The van der Waals surface area contributed by atoms with Crippen LogP contribution in [0.3, 0.4) is 0 Å². The van der Waals surface area contributed by atoms with Crippen molar-refractivity contribution in [2.24, 2.45) is 0 Å². The summed E-state index contributed by atoms with van der Waals surface area (Å²) in [6.07, 6.45) is 0.919. The van der Waals surface area contributed by atoms with E-state index < -0.39 is 0 Å². The third kappa shape index (κ3) is 4.80. The topological polar surface area (TPSA) is 58.0 Å². The van der Waals surface area contributed by atoms with Crippen molar-refractivity contribution >= 4 is 27.5 Å². The molecule has 2 heterocycles. The summed E-state index contributed by atoms with van der Waals surface area (Å²) in [4.78, 5) is 16.7. The first-order valence-electron chi connectivity index (χ1n) is 8.81. The quantitative estimate of drug-likeness (QED) is 0.696. The third-order valence-electron chi connectivity index (χ3n) is 4.53. The molecule has 1 aliphatic rings. The van der Waals surface area contributed by atoms with E-state index in [1.54, 1.807) is 19.2 Å². The minimum absolute atomic E-state index is 0.170. The maximum Gasteiger partial charge on any atom is 0.287 e. The van der Waals surface area contributed by atoms with E-state index in [4.69, 9.17) is 9.15 Å². The number of carbonyl (C=O) groups is 1. The number of benzene rings is 1. The van der Waals surface area contributed by atoms with Crippen LogP contribution >= 0.6 is 15.9 Å². The molecular formula is C19H24BrN3O3. The average molecular weight is 422 g/mol. The number of nitrogens with one attached hydrogen (secondary N) is 1. The van der Waals surface area contributed by atoms with Gasteiger partial charge >= 0.3 is 0 Å². The van der Waals surface area contributed by atoms with Crippen LogP contribution in [0.5, 0.6) is 5.75 Å². The zero-order valence-corrected chi connectivity index (χ0v) is 16.5. The molecule has 0 aliphatic carbocycles. The van der Waals surface area contributed by atoms with Gasteiger partial charge in [-0.05, 0) is 53.2 Å². The molecule has 0 atom stereocenters. The van der Waals surface area contributed by atoms with Crippen molar-refractivity contribution in [1.82, 2.24) is 10.2 Å². The molecule has 7 heteroatoms. The molecule has 26 heavy (non-hydrogen) atoms. The van der Waals surface area contributed by atoms with E-state index >= 15 is 0 Å². The number of hydrogen-bond acceptors (Lipinski definition) is 5. The largest absolute Gasteiger partial charge is 0.495 e. The van der Waals surface area contributed by atoms with Gasteiger partial charge in [-0.25, -0.2) is 0 Å². The van der Waals surface area contributed by atoms with Gasteiger partial charge in [0.2, 0.25) is 0 Å². The zero-order chi connectivity index (χ0) is 18.4. The van der Waals surface area contributed by atoms with Gasteiger partial charge in [0.1, 0.15) is 5.75 Å². The van der Waals surface area contributed by atoms with Gasteiger partial charge in [0.25, 0.3) is 5.91 Å². The summed E-state index contributed by atoms with van der Waals surface area (Å²) in [6.45, 7) is 5.60. The number of furan rings is 1. The Morgan fingerprint density at radius 2 is 1.96 bits per heavy atom. The molecule has 1 amide bonds. The predicted octanol–water partition coefficient (Wildman–Crippen LogP) is 2.99. The number of ether oxygens (including phenoxy) is 1. The van der Waals surface area contributed by atoms with Gasteiger partial charge in [-0.1, -0.05) is 12.1 Å². The second-order valence-corrected chi connectivity index (χ2v) is 7.00. The molecule has 1 saturated heterocycles. The first-order chi connectivity index (χ1) is 12.7. The summed E-state index contributed by atoms with van der Waals surface area (Å²) >= 11 is 3.20. The van der Waals surface area contributed by atoms with Crippen LogP contribution in [0.25, 0.3) is 0 Å². The smallest absolute Gasteiger partial charge is 0.287 e. The zero-order valence-electron chi connectivity index (χ0n) is 14.9. The molecule has 0 saturated carbocycles. The highest BCUT2D eigenvalue weighted by molar-refractivity contribution is 9.10. The lowest BCUT2D eigenvalue weighted by Crippen LogP contribution is -2.47. The molecule has 1 N–H and O–H groups in total. The molecule has 6 nitrogen and oxygen atoms in total. The van der Waals surface area contributed by atoms with Crippen molar-refractivity contribution in [2.45, 2.75) is 6.42 Å². The van der Waals surface area contributed by atoms with Crippen molar-refractivity contribution in [3.8, 4) is 5.75 Å². The Bertz CT molecular complexity index is 726. The Labute approximate surface area is 162 Å². The van der Waals surface area contributed by atoms with Gasteiger partial charge in [-0.15, -0.1) is 0 Å². The van der Waals surface area contributed by atoms with Gasteiger partial charge in [-0.2, -0.15) is 0 Å². The molecular weight excluding hydrogens is 398 g/mol. The van der Waals surface area contributed by atoms with E-state index in [0.29, 0.717) is 17.0 Å². The fourth-order valence-electron chi connectivity index (χ4n) is 3.13. The number of nitrogens with zero attached hydrogens (tertiary/aromatic N) is 2. The molecule has 140 valence electrons. The summed E-state index contributed by atoms with van der Waals surface area (Å²) in [7, 11) is 1.71. The van der Waals surface area contributed by atoms with E-state index in [9.17, 15) is 4.79 Å². The number of methoxy groups -OCH3 is 1. The number of para-hydroxylation sites is 2. The van der Waals surface area contributed by atoms with E-state index in [-0.39, 0.29) is 5.91 Å². The first kappa shape index (κ1) is 18.8. The standard InChI is InChI=1S/C19H24BrN3O3/c1-25-16-6-3-2-5-15(16)23-13-11-22(12-14-23)10-4-9-21-19(24)17-7-8-18(20)26-17/h2-3,5-8H,4,9-14H2,1H3,(H,21,24). The minimum Gasteiger partial charge on any atom is -0.495 e. The lowest BCUT2D eigenvalue weighted by molar-refractivity contribution is 0.0922. The number of carbonyl (C=O) groups excluding carboxylic acids is 1. The lowest BCUT2D eigenvalue weighted by atomic mass is 10.2. The van der Waals surface area contributed by atoms with Gasteiger partial charge in [-0.3, -0.25) is 9.69 Å². The second-order valence-electron chi connectivity index (χ2n) is 6.21. The Morgan fingerprint density at radius 1 is 1.19 bits per heavy atom. The fraction of sp³-hybridized carbons (Fsp3) is 0.421. The molecule has 1 aromatic carbocycles. The maximum atomic E-state index is 11.9. The van der Waals surface area contributed by atoms with Crippen molar-refractivity contribution in [3.63, 3.8) is 0 Å². The minimum atomic E-state index is -0.170. The van der Waals surface area contributed by atoms with Crippen LogP contribution in [0, 0.1) is 0 Å². The van der Waals surface area contributed by atoms with Crippen LogP contribution < -0.4 is 15.0 Å². The molecule has 2 aromatic rings. The van der Waals surface area contributed by atoms with Crippen molar-refractivity contribution < 1.29 is 13.9 Å². The summed E-state index contributed by atoms with van der Waals surface area (Å²) < 4.78 is 11.3. The van der Waals surface area contributed by atoms with Crippen LogP contribution in [0.4, 0.5) is 5.69 Å². The molecule has 0 unspecified atom stereocenters. The summed E-state index contributed by atoms with van der Waals surface area (Å²) in [6, 6.07) is 11.5. The second kappa shape index (κ2) is 9.09. The van der Waals surface area contributed by atoms with E-state index in [1.165, 1.54) is 0 Å². The summed E-state index contributed by atoms with van der Waals surface area (Å²) in [5.74, 6) is 1.09. The van der Waals surface area contributed by atoms with E-state index in [2.05, 4.69) is 37.1 Å². The first-order valence-corrected chi connectivity index (χ1v) is 9.60. The summed E-state index contributed by atoms with van der Waals surface area (Å²) in [5.41, 5.74) is 1.16. The number of piperazine rings is 1. The van der Waals surface area contributed by atoms with Crippen LogP contribution in [0.2, 0.25) is 0 Å². The summed E-state index contributed by atoms with van der Waals surface area (Å²) in [5, 5.41) is 2.89. The van der Waals surface area contributed by atoms with Crippen LogP contribution in [0.15, 0.2) is 45.5 Å². The Kier molecular flexibility index (Phi) is 6.57. The van der Waals surface area contributed by atoms with Crippen LogP contribution in [0.1, 0.15) is 17.0 Å². The van der Waals surface area contributed by atoms with Gasteiger partial charge in [0.05, 0.1) is 12.8 Å². The normalized spacial score (nSPS) is 15.1. The highest BCUT2D eigenvalue weighted by Crippen LogP contribution is 2.28. The molecule has 3 rings (SSSR count). The average Bonchev–Trinajstić information content (AvgIpc) is 3.12. The SMILES string of the molecule is COc1ccccc1N1CCN(CCCNC(=O)c2ccc(Br)o2)CC1. The van der Waals surface area contributed by atoms with Gasteiger partial charge in [0.15, 0.2) is 10.4 Å². The number of hydrogen-bond donors (Lipinski definition) is 1. The lowest BCUT2D eigenvalue weighted by Gasteiger charge is -2.36. The monoisotopic (exact) mass is 421 g/mol. The number of amides is 1. The van der Waals surface area contributed by atoms with Crippen molar-refractivity contribution in [3.05, 3.63) is 46.8 Å². The highest BCUT2D eigenvalue weighted by Gasteiger charge is 2.19. The van der Waals surface area contributed by atoms with Gasteiger partial charge in [0, 0.05) is 32.7 Å². The molecule has 1 fully saturated rings.